The first kappa shape index (κ1) is 35.6. The molecule has 4 aliphatic heterocycles. The van der Waals surface area contributed by atoms with Crippen molar-refractivity contribution >= 4 is 40.3 Å². The van der Waals surface area contributed by atoms with Gasteiger partial charge in [-0.3, -0.25) is 14.6 Å². The first-order valence-electron chi connectivity index (χ1n) is 18.3. The number of nitrogens with one attached hydrogen (secondary N) is 1. The van der Waals surface area contributed by atoms with E-state index in [1.165, 1.54) is 11.0 Å². The summed E-state index contributed by atoms with van der Waals surface area (Å²) >= 11 is 6.63. The maximum Gasteiger partial charge on any atom is 0.410 e. The maximum atomic E-state index is 15.6. The molecule has 0 radical (unpaired) electrons. The quantitative estimate of drug-likeness (QED) is 0.253. The molecule has 2 aromatic heterocycles. The van der Waals surface area contributed by atoms with E-state index >= 15 is 4.39 Å². The molecule has 8 rings (SSSR count). The van der Waals surface area contributed by atoms with Crippen LogP contribution in [0.25, 0.3) is 10.9 Å². The zero-order valence-electron chi connectivity index (χ0n) is 30.5. The smallest absolute Gasteiger partial charge is 0.410 e. The van der Waals surface area contributed by atoms with Crippen LogP contribution in [0.5, 0.6) is 11.8 Å². The second kappa shape index (κ2) is 14.1. The van der Waals surface area contributed by atoms with E-state index in [1.54, 1.807) is 15.8 Å². The van der Waals surface area contributed by atoms with Crippen LogP contribution in [0.2, 0.25) is 5.02 Å². The molecule has 2 aromatic carbocycles. The van der Waals surface area contributed by atoms with Gasteiger partial charge >= 0.3 is 12.1 Å². The van der Waals surface area contributed by atoms with Crippen LogP contribution in [-0.2, 0) is 28.9 Å². The third-order valence-corrected chi connectivity index (χ3v) is 10.7. The second-order valence-electron chi connectivity index (χ2n) is 15.2. The highest BCUT2D eigenvalue weighted by molar-refractivity contribution is 6.36. The normalized spacial score (nSPS) is 20.7. The zero-order chi connectivity index (χ0) is 37.0. The number of rotatable bonds is 5. The number of halogens is 2. The van der Waals surface area contributed by atoms with Crippen LogP contribution in [0.3, 0.4) is 0 Å². The topological polar surface area (TPSA) is 127 Å². The molecular formula is C38H44ClFN8O5. The monoisotopic (exact) mass is 746 g/mol. The Hall–Kier alpha value is -4.37. The number of fused-ring (bicyclic) bond motifs is 3. The molecule has 0 aliphatic carbocycles. The Kier molecular flexibility index (Phi) is 9.50. The van der Waals surface area contributed by atoms with Crippen LogP contribution in [0.1, 0.15) is 85.0 Å². The van der Waals surface area contributed by atoms with Crippen molar-refractivity contribution in [3.63, 3.8) is 0 Å². The molecule has 6 heterocycles. The Labute approximate surface area is 312 Å². The zero-order valence-corrected chi connectivity index (χ0v) is 31.2. The largest absolute Gasteiger partial charge is 0.444 e. The fraction of sp³-hybridized carbons (Fsp3) is 0.500. The first-order chi connectivity index (χ1) is 25.5. The van der Waals surface area contributed by atoms with Crippen LogP contribution < -0.4 is 15.0 Å². The molecule has 2 unspecified atom stereocenters. The van der Waals surface area contributed by atoms with Crippen molar-refractivity contribution in [1.82, 2.24) is 34.9 Å². The van der Waals surface area contributed by atoms with Gasteiger partial charge in [0.25, 0.3) is 5.91 Å². The molecule has 2 fully saturated rings. The Morgan fingerprint density at radius 3 is 2.72 bits per heavy atom. The van der Waals surface area contributed by atoms with E-state index in [1.807, 2.05) is 32.9 Å². The van der Waals surface area contributed by atoms with Crippen molar-refractivity contribution in [2.45, 2.75) is 77.3 Å². The third-order valence-electron chi connectivity index (χ3n) is 10.3. The number of aromatic nitrogens is 4. The Morgan fingerprint density at radius 1 is 1.09 bits per heavy atom. The van der Waals surface area contributed by atoms with Crippen molar-refractivity contribution in [3.8, 4) is 11.8 Å². The lowest BCUT2D eigenvalue weighted by molar-refractivity contribution is -0.0367. The number of carbonyl (C=O) groups excluding carboxylic acids is 2. The van der Waals surface area contributed by atoms with Crippen molar-refractivity contribution in [2.75, 3.05) is 51.3 Å². The maximum absolute atomic E-state index is 15.6. The molecule has 13 nitrogen and oxygen atoms in total. The molecule has 2 atom stereocenters. The van der Waals surface area contributed by atoms with E-state index in [-0.39, 0.29) is 29.4 Å². The molecule has 4 aromatic rings. The molecule has 0 spiro atoms. The standard InChI is InChI=1S/C38H44ClFN8O5/c1-38(2,3)53-37(50)46-16-13-41-20-28(46)33-24-12-15-47(34(24)44-36(43-33)52-29-9-7-8-22-21-45(4)14-11-23(22)29)35(49)31-25-19-42-48(30-10-5-6-17-51-30)27(25)18-26(40)32(31)39/h7-9,18-19,28,30,41H,5-6,10-17,20-21H2,1-4H3. The van der Waals surface area contributed by atoms with Crippen molar-refractivity contribution in [1.29, 1.82) is 0 Å². The van der Waals surface area contributed by atoms with Gasteiger partial charge in [-0.05, 0) is 71.6 Å². The lowest BCUT2D eigenvalue weighted by Crippen LogP contribution is -2.50. The number of hydrogen-bond donors (Lipinski definition) is 1. The van der Waals surface area contributed by atoms with Crippen LogP contribution in [0.15, 0.2) is 30.5 Å². The number of piperazine rings is 1. The second-order valence-corrected chi connectivity index (χ2v) is 15.5. The summed E-state index contributed by atoms with van der Waals surface area (Å²) in [7, 11) is 2.08. The minimum atomic E-state index is -0.729. The van der Waals surface area contributed by atoms with Crippen LogP contribution in [-0.4, -0.2) is 93.5 Å². The number of amides is 2. The lowest BCUT2D eigenvalue weighted by atomic mass is 9.99. The molecule has 0 bridgehead atoms. The highest BCUT2D eigenvalue weighted by atomic mass is 35.5. The van der Waals surface area contributed by atoms with Gasteiger partial charge in [-0.1, -0.05) is 23.7 Å². The summed E-state index contributed by atoms with van der Waals surface area (Å²) < 4.78 is 35.5. The van der Waals surface area contributed by atoms with E-state index in [9.17, 15) is 9.59 Å². The van der Waals surface area contributed by atoms with Crippen molar-refractivity contribution in [3.05, 3.63) is 69.2 Å². The number of benzene rings is 2. The van der Waals surface area contributed by atoms with Gasteiger partial charge in [-0.2, -0.15) is 15.1 Å². The van der Waals surface area contributed by atoms with Crippen LogP contribution in [0, 0.1) is 5.82 Å². The predicted octanol–water partition coefficient (Wildman–Crippen LogP) is 6.18. The van der Waals surface area contributed by atoms with Gasteiger partial charge in [0.2, 0.25) is 0 Å². The summed E-state index contributed by atoms with van der Waals surface area (Å²) in [5, 5.41) is 8.05. The molecule has 1 N–H and O–H groups in total. The van der Waals surface area contributed by atoms with E-state index in [2.05, 4.69) is 28.4 Å². The summed E-state index contributed by atoms with van der Waals surface area (Å²) in [6.07, 6.45) is 4.53. The average molecular weight is 747 g/mol. The summed E-state index contributed by atoms with van der Waals surface area (Å²) in [6, 6.07) is 6.75. The molecule has 2 saturated heterocycles. The molecule has 15 heteroatoms. The molecule has 280 valence electrons. The predicted molar refractivity (Wildman–Crippen MR) is 196 cm³/mol. The Morgan fingerprint density at radius 2 is 1.92 bits per heavy atom. The molecule has 4 aliphatic rings. The number of nitrogens with zero attached hydrogens (tertiary/aromatic N) is 7. The van der Waals surface area contributed by atoms with Gasteiger partial charge < -0.3 is 24.4 Å². The van der Waals surface area contributed by atoms with E-state index < -0.39 is 29.5 Å². The fourth-order valence-electron chi connectivity index (χ4n) is 7.80. The van der Waals surface area contributed by atoms with Crippen molar-refractivity contribution in [2.24, 2.45) is 0 Å². The van der Waals surface area contributed by atoms with Gasteiger partial charge in [0.15, 0.2) is 6.23 Å². The molecule has 53 heavy (non-hydrogen) atoms. The Bertz CT molecular complexity index is 2080. The van der Waals surface area contributed by atoms with Crippen LogP contribution >= 0.6 is 11.6 Å². The first-order valence-corrected chi connectivity index (χ1v) is 18.7. The molecule has 2 amide bonds. The summed E-state index contributed by atoms with van der Waals surface area (Å²) in [4.78, 5) is 43.6. The van der Waals surface area contributed by atoms with Crippen LogP contribution in [0.4, 0.5) is 15.0 Å². The summed E-state index contributed by atoms with van der Waals surface area (Å²) in [5.74, 6) is -0.294. The van der Waals surface area contributed by atoms with Gasteiger partial charge in [0.05, 0.1) is 34.0 Å². The number of likely N-dealkylation sites (N-methyl/N-ethyl adjacent to an activating group) is 1. The summed E-state index contributed by atoms with van der Waals surface area (Å²) in [6.45, 7) is 9.34. The minimum absolute atomic E-state index is 0.00447. The minimum Gasteiger partial charge on any atom is -0.444 e. The Balaban J connectivity index is 1.22. The highest BCUT2D eigenvalue weighted by Gasteiger charge is 2.40. The van der Waals surface area contributed by atoms with E-state index in [0.29, 0.717) is 66.4 Å². The third kappa shape index (κ3) is 6.82. The lowest BCUT2D eigenvalue weighted by Gasteiger charge is -2.37. The molecule has 0 saturated carbocycles. The highest BCUT2D eigenvalue weighted by Crippen LogP contribution is 2.40. The van der Waals surface area contributed by atoms with Gasteiger partial charge in [-0.15, -0.1) is 0 Å². The number of ether oxygens (including phenoxy) is 3. The van der Waals surface area contributed by atoms with Gasteiger partial charge in [0, 0.05) is 68.5 Å². The molecular weight excluding hydrogens is 703 g/mol. The van der Waals surface area contributed by atoms with Crippen molar-refractivity contribution < 1.29 is 28.2 Å². The SMILES string of the molecule is CN1CCc2c(cccc2Oc2nc(C3CNCCN3C(=O)OC(C)(C)C)c3c(n2)N(C(=O)c2c(Cl)c(F)cc4c2cnn4C2CCCCO2)CC3)C1. The van der Waals surface area contributed by atoms with Gasteiger partial charge in [-0.25, -0.2) is 13.9 Å². The van der Waals surface area contributed by atoms with E-state index in [4.69, 9.17) is 35.8 Å². The average Bonchev–Trinajstić information content (AvgIpc) is 3.75. The fourth-order valence-corrected chi connectivity index (χ4v) is 8.03. The number of anilines is 1. The number of hydrogen-bond acceptors (Lipinski definition) is 10. The summed E-state index contributed by atoms with van der Waals surface area (Å²) in [5.41, 5.74) is 3.20. The van der Waals surface area contributed by atoms with E-state index in [0.717, 1.165) is 49.9 Å². The number of carbonyl (C=O) groups is 2. The van der Waals surface area contributed by atoms with Gasteiger partial charge in [0.1, 0.15) is 23.0 Å².